The molecule has 44 heavy (non-hydrogen) atoms. The number of hydrogen-bond acceptors (Lipinski definition) is 7. The molecule has 224 valence electrons. The Balaban J connectivity index is 1.54. The molecule has 0 aromatic heterocycles. The number of esters is 2. The van der Waals surface area contributed by atoms with Gasteiger partial charge in [-0.2, -0.15) is 0 Å². The quantitative estimate of drug-likeness (QED) is 0.0505. The lowest BCUT2D eigenvalue weighted by Gasteiger charge is -2.22. The zero-order chi connectivity index (χ0) is 31.4. The number of methoxy groups -OCH3 is 1. The van der Waals surface area contributed by atoms with E-state index in [1.165, 1.54) is 6.08 Å². The van der Waals surface area contributed by atoms with Crippen LogP contribution in [0.4, 0.5) is 4.79 Å². The Morgan fingerprint density at radius 1 is 0.795 bits per heavy atom. The molecule has 1 amide bonds. The number of hydrogen-bond donors (Lipinski definition) is 1. The summed E-state index contributed by atoms with van der Waals surface area (Å²) in [6.45, 7) is 4.96. The van der Waals surface area contributed by atoms with Crippen LogP contribution in [0.2, 0.25) is 0 Å². The Bertz CT molecular complexity index is 1870. The summed E-state index contributed by atoms with van der Waals surface area (Å²) in [6.07, 6.45) is 0.0394. The Morgan fingerprint density at radius 2 is 1.43 bits per heavy atom. The average molecular weight is 592 g/mol. The summed E-state index contributed by atoms with van der Waals surface area (Å²) in [7, 11) is 1.15. The molecule has 0 radical (unpaired) electrons. The normalized spacial score (nSPS) is 12.7. The predicted octanol–water partition coefficient (Wildman–Crippen LogP) is 6.74. The third-order valence-electron chi connectivity index (χ3n) is 7.16. The molecule has 0 bridgehead atoms. The molecule has 0 fully saturated rings. The number of ether oxygens (including phenoxy) is 3. The summed E-state index contributed by atoms with van der Waals surface area (Å²) in [5.74, 6) is -2.42. The Labute approximate surface area is 254 Å². The van der Waals surface area contributed by atoms with Crippen LogP contribution in [0, 0.1) is 0 Å². The van der Waals surface area contributed by atoms with E-state index in [0.29, 0.717) is 5.56 Å². The van der Waals surface area contributed by atoms with Crippen molar-refractivity contribution in [2.45, 2.75) is 45.4 Å². The Hall–Kier alpha value is -5.24. The van der Waals surface area contributed by atoms with Crippen LogP contribution in [0.1, 0.15) is 38.3 Å². The molecule has 8 nitrogen and oxygen atoms in total. The molecule has 5 aromatic rings. The van der Waals surface area contributed by atoms with Crippen LogP contribution in [0.5, 0.6) is 0 Å². The second-order valence-electron chi connectivity index (χ2n) is 11.5. The van der Waals surface area contributed by atoms with Crippen molar-refractivity contribution in [1.82, 2.24) is 5.32 Å². The van der Waals surface area contributed by atoms with Crippen LogP contribution < -0.4 is 5.32 Å². The molecule has 8 heteroatoms. The molecule has 0 aliphatic heterocycles. The number of alkyl carbamates (subject to hydrolysis) is 1. The zero-order valence-electron chi connectivity index (χ0n) is 25.0. The van der Waals surface area contributed by atoms with Crippen molar-refractivity contribution < 1.29 is 33.4 Å². The fourth-order valence-corrected chi connectivity index (χ4v) is 5.17. The van der Waals surface area contributed by atoms with E-state index in [0.717, 1.165) is 45.0 Å². The molecule has 0 aliphatic carbocycles. The first kappa shape index (κ1) is 30.2. The van der Waals surface area contributed by atoms with Crippen LogP contribution in [0.15, 0.2) is 90.5 Å². The fraction of sp³-hybridized carbons (Fsp3) is 0.222. The van der Waals surface area contributed by atoms with Crippen LogP contribution in [-0.2, 0) is 35.2 Å². The van der Waals surface area contributed by atoms with Gasteiger partial charge in [0.15, 0.2) is 5.78 Å². The van der Waals surface area contributed by atoms with Crippen molar-refractivity contribution in [2.75, 3.05) is 7.11 Å². The standard InChI is InChI=1S/C36H33NO7/c1-36(2,3)44-35(41)37-29(34(40)42-4)20-30(38)28(33(39)43-21-22-9-6-5-7-10-22)19-26-16-15-25-14-13-23-11-8-12-24-17-18-27(26)32(25)31(23)24/h5-19,29H,20-21H2,1-4H3,(H,37,41)/b28-19-/t29-/m0/s1. The van der Waals surface area contributed by atoms with E-state index < -0.39 is 41.9 Å². The van der Waals surface area contributed by atoms with Crippen molar-refractivity contribution in [2.24, 2.45) is 0 Å². The predicted molar refractivity (Wildman–Crippen MR) is 169 cm³/mol. The summed E-state index contributed by atoms with van der Waals surface area (Å²) in [5.41, 5.74) is 0.270. The van der Waals surface area contributed by atoms with Crippen molar-refractivity contribution in [3.63, 3.8) is 0 Å². The summed E-state index contributed by atoms with van der Waals surface area (Å²) >= 11 is 0. The molecule has 0 aliphatic rings. The molecule has 0 unspecified atom stereocenters. The summed E-state index contributed by atoms with van der Waals surface area (Å²) in [4.78, 5) is 52.4. The van der Waals surface area contributed by atoms with Gasteiger partial charge in [0.05, 0.1) is 7.11 Å². The molecule has 5 aromatic carbocycles. The number of nitrogens with one attached hydrogen (secondary N) is 1. The van der Waals surface area contributed by atoms with Gasteiger partial charge in [-0.05, 0) is 70.3 Å². The molecule has 0 heterocycles. The van der Waals surface area contributed by atoms with Crippen molar-refractivity contribution in [3.8, 4) is 0 Å². The number of amides is 1. The fourth-order valence-electron chi connectivity index (χ4n) is 5.17. The smallest absolute Gasteiger partial charge is 0.408 e. The first-order chi connectivity index (χ1) is 21.0. The highest BCUT2D eigenvalue weighted by Crippen LogP contribution is 2.36. The first-order valence-electron chi connectivity index (χ1n) is 14.2. The van der Waals surface area contributed by atoms with E-state index in [-0.39, 0.29) is 12.2 Å². The molecule has 1 N–H and O–H groups in total. The van der Waals surface area contributed by atoms with E-state index in [1.807, 2.05) is 66.7 Å². The number of Topliss-reactive ketones (excluding diaryl/α,β-unsaturated/α-hetero) is 1. The minimum Gasteiger partial charge on any atom is -0.467 e. The van der Waals surface area contributed by atoms with Crippen LogP contribution in [0.3, 0.4) is 0 Å². The van der Waals surface area contributed by atoms with E-state index in [9.17, 15) is 19.2 Å². The third kappa shape index (κ3) is 6.70. The number of benzene rings is 5. The molecule has 1 atom stereocenters. The molecular weight excluding hydrogens is 558 g/mol. The zero-order valence-corrected chi connectivity index (χ0v) is 25.0. The molecule has 0 saturated carbocycles. The van der Waals surface area contributed by atoms with E-state index in [2.05, 4.69) is 11.4 Å². The van der Waals surface area contributed by atoms with Gasteiger partial charge in [-0.1, -0.05) is 84.9 Å². The van der Waals surface area contributed by atoms with E-state index >= 15 is 0 Å². The average Bonchev–Trinajstić information content (AvgIpc) is 3.00. The number of carbonyl (C=O) groups is 4. The first-order valence-corrected chi connectivity index (χ1v) is 14.2. The minimum atomic E-state index is -1.39. The number of rotatable bonds is 9. The van der Waals surface area contributed by atoms with E-state index in [4.69, 9.17) is 14.2 Å². The number of ketones is 1. The largest absolute Gasteiger partial charge is 0.467 e. The second-order valence-corrected chi connectivity index (χ2v) is 11.5. The monoisotopic (exact) mass is 591 g/mol. The maximum atomic E-state index is 13.8. The van der Waals surface area contributed by atoms with Gasteiger partial charge in [-0.3, -0.25) is 4.79 Å². The Kier molecular flexibility index (Phi) is 8.62. The van der Waals surface area contributed by atoms with Gasteiger partial charge in [0.2, 0.25) is 0 Å². The highest BCUT2D eigenvalue weighted by molar-refractivity contribution is 6.26. The van der Waals surface area contributed by atoms with Gasteiger partial charge in [0.1, 0.15) is 23.8 Å². The minimum absolute atomic E-state index is 0.0562. The summed E-state index contributed by atoms with van der Waals surface area (Å²) in [6, 6.07) is 25.7. The van der Waals surface area contributed by atoms with Crippen LogP contribution >= 0.6 is 0 Å². The van der Waals surface area contributed by atoms with Gasteiger partial charge < -0.3 is 19.5 Å². The second kappa shape index (κ2) is 12.6. The lowest BCUT2D eigenvalue weighted by atomic mass is 9.91. The molecular formula is C36H33NO7. The van der Waals surface area contributed by atoms with Crippen LogP contribution in [-0.4, -0.2) is 42.6 Å². The SMILES string of the molecule is COC(=O)[C@H](CC(=O)/C(=C/c1ccc2ccc3cccc4ccc1c2c34)C(=O)OCc1ccccc1)NC(=O)OC(C)(C)C. The van der Waals surface area contributed by atoms with Gasteiger partial charge >= 0.3 is 18.0 Å². The Morgan fingerprint density at radius 3 is 2.09 bits per heavy atom. The summed E-state index contributed by atoms with van der Waals surface area (Å²) < 4.78 is 15.7. The van der Waals surface area contributed by atoms with E-state index in [1.54, 1.807) is 32.9 Å². The maximum absolute atomic E-state index is 13.8. The lowest BCUT2D eigenvalue weighted by molar-refractivity contribution is -0.145. The summed E-state index contributed by atoms with van der Waals surface area (Å²) in [5, 5.41) is 8.53. The van der Waals surface area contributed by atoms with Crippen molar-refractivity contribution >= 4 is 62.2 Å². The van der Waals surface area contributed by atoms with Gasteiger partial charge in [-0.25, -0.2) is 14.4 Å². The molecule has 0 spiro atoms. The maximum Gasteiger partial charge on any atom is 0.408 e. The molecule has 0 saturated heterocycles. The van der Waals surface area contributed by atoms with Gasteiger partial charge in [0, 0.05) is 6.42 Å². The highest BCUT2D eigenvalue weighted by atomic mass is 16.6. The third-order valence-corrected chi connectivity index (χ3v) is 7.16. The van der Waals surface area contributed by atoms with Crippen molar-refractivity contribution in [1.29, 1.82) is 0 Å². The lowest BCUT2D eigenvalue weighted by Crippen LogP contribution is -2.45. The van der Waals surface area contributed by atoms with Crippen molar-refractivity contribution in [3.05, 3.63) is 102 Å². The van der Waals surface area contributed by atoms with Crippen LogP contribution in [0.25, 0.3) is 38.4 Å². The topological polar surface area (TPSA) is 108 Å². The van der Waals surface area contributed by atoms with Gasteiger partial charge in [-0.15, -0.1) is 0 Å². The molecule has 5 rings (SSSR count). The number of carbonyl (C=O) groups excluding carboxylic acids is 4. The van der Waals surface area contributed by atoms with Gasteiger partial charge in [0.25, 0.3) is 0 Å². The highest BCUT2D eigenvalue weighted by Gasteiger charge is 2.31.